The zero-order valence-electron chi connectivity index (χ0n) is 16.3. The highest BCUT2D eigenvalue weighted by Crippen LogP contribution is 2.41. The number of hydrogen-bond donors (Lipinski definition) is 1. The van der Waals surface area contributed by atoms with Crippen LogP contribution in [0.5, 0.6) is 5.75 Å². The van der Waals surface area contributed by atoms with Crippen molar-refractivity contribution in [3.8, 4) is 5.75 Å². The van der Waals surface area contributed by atoms with Crippen molar-refractivity contribution in [2.24, 2.45) is 0 Å². The van der Waals surface area contributed by atoms with Crippen molar-refractivity contribution in [1.82, 2.24) is 14.8 Å². The molecule has 0 spiro atoms. The number of nitrogens with zero attached hydrogens (tertiary/aromatic N) is 3. The number of aliphatic hydroxyl groups excluding tert-OH is 1. The maximum Gasteiger partial charge on any atom is 0.416 e. The van der Waals surface area contributed by atoms with Crippen LogP contribution in [0.2, 0.25) is 5.02 Å². The van der Waals surface area contributed by atoms with Crippen LogP contribution >= 0.6 is 11.6 Å². The minimum Gasteiger partial charge on any atom is -0.497 e. The number of rotatable bonds is 5. The van der Waals surface area contributed by atoms with E-state index in [-0.39, 0.29) is 10.7 Å². The Kier molecular flexibility index (Phi) is 5.60. The number of hydrogen-bond acceptors (Lipinski definition) is 4. The minimum atomic E-state index is -4.68. The Morgan fingerprint density at radius 3 is 2.52 bits per heavy atom. The lowest BCUT2D eigenvalue weighted by Gasteiger charge is -2.18. The second-order valence-electron chi connectivity index (χ2n) is 6.87. The van der Waals surface area contributed by atoms with E-state index in [0.29, 0.717) is 23.3 Å². The molecule has 0 radical (unpaired) electrons. The van der Waals surface area contributed by atoms with Crippen LogP contribution in [0.15, 0.2) is 60.8 Å². The van der Waals surface area contributed by atoms with E-state index >= 15 is 0 Å². The summed E-state index contributed by atoms with van der Waals surface area (Å²) < 4.78 is 47.4. The van der Waals surface area contributed by atoms with Gasteiger partial charge in [0.05, 0.1) is 19.2 Å². The van der Waals surface area contributed by atoms with Gasteiger partial charge in [0.15, 0.2) is 5.65 Å². The molecule has 1 N–H and O–H groups in total. The fourth-order valence-corrected chi connectivity index (χ4v) is 3.73. The molecule has 0 aliphatic rings. The fourth-order valence-electron chi connectivity index (χ4n) is 3.45. The Bertz CT molecular complexity index is 1220. The summed E-state index contributed by atoms with van der Waals surface area (Å²) in [5.74, 6) is 0.696. The highest BCUT2D eigenvalue weighted by molar-refractivity contribution is 6.31. The number of benzene rings is 2. The molecule has 0 aliphatic heterocycles. The summed E-state index contributed by atoms with van der Waals surface area (Å²) >= 11 is 6.07. The van der Waals surface area contributed by atoms with Gasteiger partial charge in [-0.25, -0.2) is 9.67 Å². The van der Waals surface area contributed by atoms with Crippen molar-refractivity contribution in [3.05, 3.63) is 88.2 Å². The molecular weight excluding hydrogens is 431 g/mol. The van der Waals surface area contributed by atoms with Crippen LogP contribution in [0.25, 0.3) is 11.0 Å². The lowest BCUT2D eigenvalue weighted by molar-refractivity contribution is -0.139. The van der Waals surface area contributed by atoms with Crippen molar-refractivity contribution in [2.75, 3.05) is 7.11 Å². The van der Waals surface area contributed by atoms with Crippen molar-refractivity contribution < 1.29 is 23.0 Å². The van der Waals surface area contributed by atoms with E-state index in [2.05, 4.69) is 10.1 Å². The van der Waals surface area contributed by atoms with Crippen molar-refractivity contribution in [3.63, 3.8) is 0 Å². The SMILES string of the molecule is COc1ccc(Cn2nc(C(O)c3c(Cl)cccc3C(F)(F)F)c3cccnc32)cc1. The number of aromatic nitrogens is 3. The van der Waals surface area contributed by atoms with Gasteiger partial charge in [-0.3, -0.25) is 0 Å². The first kappa shape index (κ1) is 21.1. The number of alkyl halides is 3. The first-order valence-electron chi connectivity index (χ1n) is 9.27. The number of fused-ring (bicyclic) bond motifs is 1. The van der Waals surface area contributed by atoms with Crippen molar-refractivity contribution >= 4 is 22.6 Å². The standard InChI is InChI=1S/C22H17ClF3N3O2/c1-31-14-9-7-13(8-10-14)12-29-21-15(4-3-11-27-21)19(28-29)20(30)18-16(22(24,25)26)5-2-6-17(18)23/h2-11,20,30H,12H2,1H3. The monoisotopic (exact) mass is 447 g/mol. The van der Waals surface area contributed by atoms with E-state index in [4.69, 9.17) is 16.3 Å². The van der Waals surface area contributed by atoms with Crippen LogP contribution in [0.3, 0.4) is 0 Å². The molecule has 0 aliphatic carbocycles. The number of halogens is 4. The molecular formula is C22H17ClF3N3O2. The molecule has 4 rings (SSSR count). The summed E-state index contributed by atoms with van der Waals surface area (Å²) in [6, 6.07) is 14.0. The van der Waals surface area contributed by atoms with E-state index in [1.165, 1.54) is 12.1 Å². The highest BCUT2D eigenvalue weighted by Gasteiger charge is 2.37. The first-order valence-corrected chi connectivity index (χ1v) is 9.65. The van der Waals surface area contributed by atoms with E-state index in [1.807, 2.05) is 12.1 Å². The molecule has 31 heavy (non-hydrogen) atoms. The summed E-state index contributed by atoms with van der Waals surface area (Å²) in [6.07, 6.45) is -4.81. The molecule has 160 valence electrons. The van der Waals surface area contributed by atoms with E-state index in [9.17, 15) is 18.3 Å². The zero-order chi connectivity index (χ0) is 22.2. The summed E-state index contributed by atoms with van der Waals surface area (Å²) in [7, 11) is 1.57. The van der Waals surface area contributed by atoms with Gasteiger partial charge in [0.1, 0.15) is 17.5 Å². The molecule has 0 fully saturated rings. The van der Waals surface area contributed by atoms with Gasteiger partial charge < -0.3 is 9.84 Å². The maximum absolute atomic E-state index is 13.6. The molecule has 2 aromatic heterocycles. The molecule has 1 atom stereocenters. The Labute approximate surface area is 180 Å². The molecule has 0 saturated heterocycles. The first-order chi connectivity index (χ1) is 14.8. The molecule has 0 saturated carbocycles. The topological polar surface area (TPSA) is 60.2 Å². The molecule has 2 heterocycles. The van der Waals surface area contributed by atoms with Crippen LogP contribution in [0.1, 0.15) is 28.5 Å². The summed E-state index contributed by atoms with van der Waals surface area (Å²) in [4.78, 5) is 4.31. The number of pyridine rings is 1. The lowest BCUT2D eigenvalue weighted by Crippen LogP contribution is -2.14. The minimum absolute atomic E-state index is 0.0511. The summed E-state index contributed by atoms with van der Waals surface area (Å²) in [5, 5.41) is 15.6. The van der Waals surface area contributed by atoms with Gasteiger partial charge in [0.2, 0.25) is 0 Å². The predicted molar refractivity (Wildman–Crippen MR) is 110 cm³/mol. The molecule has 1 unspecified atom stereocenters. The molecule has 4 aromatic rings. The Hall–Kier alpha value is -3.10. The third kappa shape index (κ3) is 4.08. The highest BCUT2D eigenvalue weighted by atomic mass is 35.5. The van der Waals surface area contributed by atoms with Gasteiger partial charge in [-0.2, -0.15) is 18.3 Å². The number of ether oxygens (including phenoxy) is 1. The molecule has 5 nitrogen and oxygen atoms in total. The second-order valence-corrected chi connectivity index (χ2v) is 7.27. The maximum atomic E-state index is 13.6. The van der Waals surface area contributed by atoms with E-state index in [1.54, 1.807) is 42.3 Å². The predicted octanol–water partition coefficient (Wildman–Crippen LogP) is 5.24. The van der Waals surface area contributed by atoms with Gasteiger partial charge in [0.25, 0.3) is 0 Å². The van der Waals surface area contributed by atoms with Gasteiger partial charge in [-0.05, 0) is 42.0 Å². The third-order valence-corrected chi connectivity index (χ3v) is 5.25. The number of methoxy groups -OCH3 is 1. The van der Waals surface area contributed by atoms with Crippen molar-refractivity contribution in [2.45, 2.75) is 18.8 Å². The number of aliphatic hydroxyl groups is 1. The van der Waals surface area contributed by atoms with Crippen molar-refractivity contribution in [1.29, 1.82) is 0 Å². The van der Waals surface area contributed by atoms with Gasteiger partial charge >= 0.3 is 6.18 Å². The van der Waals surface area contributed by atoms with Crippen LogP contribution in [0.4, 0.5) is 13.2 Å². The average molecular weight is 448 g/mol. The van der Waals surface area contributed by atoms with E-state index < -0.39 is 23.4 Å². The zero-order valence-corrected chi connectivity index (χ0v) is 17.0. The van der Waals surface area contributed by atoms with Gasteiger partial charge in [-0.15, -0.1) is 0 Å². The van der Waals surface area contributed by atoms with Crippen LogP contribution in [-0.2, 0) is 12.7 Å². The van der Waals surface area contributed by atoms with Crippen LogP contribution in [-0.4, -0.2) is 27.0 Å². The Morgan fingerprint density at radius 2 is 1.84 bits per heavy atom. The smallest absolute Gasteiger partial charge is 0.416 e. The Balaban J connectivity index is 1.81. The van der Waals surface area contributed by atoms with Crippen LogP contribution in [0, 0.1) is 0 Å². The van der Waals surface area contributed by atoms with Gasteiger partial charge in [-0.1, -0.05) is 29.8 Å². The van der Waals surface area contributed by atoms with E-state index in [0.717, 1.165) is 11.6 Å². The lowest BCUT2D eigenvalue weighted by atomic mass is 9.98. The summed E-state index contributed by atoms with van der Waals surface area (Å²) in [5.41, 5.74) is -0.0698. The molecule has 9 heteroatoms. The third-order valence-electron chi connectivity index (χ3n) is 4.92. The van der Waals surface area contributed by atoms with Gasteiger partial charge in [0, 0.05) is 22.2 Å². The fraction of sp³-hybridized carbons (Fsp3) is 0.182. The largest absolute Gasteiger partial charge is 0.497 e. The summed E-state index contributed by atoms with van der Waals surface area (Å²) in [6.45, 7) is 0.304. The van der Waals surface area contributed by atoms with Crippen LogP contribution < -0.4 is 4.74 Å². The quantitative estimate of drug-likeness (QED) is 0.454. The molecule has 0 amide bonds. The normalized spacial score (nSPS) is 12.8. The molecule has 2 aromatic carbocycles. The Morgan fingerprint density at radius 1 is 1.10 bits per heavy atom. The second kappa shape index (κ2) is 8.20. The average Bonchev–Trinajstić information content (AvgIpc) is 3.11. The molecule has 0 bridgehead atoms.